The summed E-state index contributed by atoms with van der Waals surface area (Å²) >= 11 is 0. The van der Waals surface area contributed by atoms with Gasteiger partial charge in [-0.25, -0.2) is 4.79 Å². The van der Waals surface area contributed by atoms with Crippen molar-refractivity contribution in [2.75, 3.05) is 19.7 Å². The Balaban J connectivity index is 2.08. The molecule has 0 radical (unpaired) electrons. The van der Waals surface area contributed by atoms with Crippen molar-refractivity contribution >= 4 is 17.8 Å². The highest BCUT2D eigenvalue weighted by atomic mass is 16.5. The minimum absolute atomic E-state index is 0.128. The molecule has 2 aliphatic rings. The third-order valence-corrected chi connectivity index (χ3v) is 3.49. The van der Waals surface area contributed by atoms with Crippen LogP contribution in [0.25, 0.3) is 0 Å². The molecule has 0 aromatic carbocycles. The average Bonchev–Trinajstić information content (AvgIpc) is 2.65. The van der Waals surface area contributed by atoms with Crippen LogP contribution < -0.4 is 0 Å². The molecule has 2 aliphatic heterocycles. The number of carbonyl (C=O) groups is 3. The van der Waals surface area contributed by atoms with Gasteiger partial charge in [0.05, 0.1) is 19.1 Å². The van der Waals surface area contributed by atoms with Crippen molar-refractivity contribution in [2.24, 2.45) is 0 Å². The fraction of sp³-hybridized carbons (Fsp3) is 0.750. The van der Waals surface area contributed by atoms with Gasteiger partial charge in [0.1, 0.15) is 0 Å². The molecule has 2 atom stereocenters. The summed E-state index contributed by atoms with van der Waals surface area (Å²) in [5.41, 5.74) is 0. The number of carboxylic acid groups (broad SMARTS) is 1. The van der Waals surface area contributed by atoms with E-state index in [1.807, 2.05) is 0 Å². The number of likely N-dealkylation sites (tertiary alicyclic amines) is 1. The van der Waals surface area contributed by atoms with E-state index in [2.05, 4.69) is 0 Å². The maximum Gasteiger partial charge on any atom is 0.334 e. The number of imide groups is 1. The molecule has 0 aromatic rings. The molecule has 1 N–H and O–H groups in total. The summed E-state index contributed by atoms with van der Waals surface area (Å²) in [7, 11) is 0. The van der Waals surface area contributed by atoms with Crippen LogP contribution in [0.2, 0.25) is 0 Å². The molecule has 2 fully saturated rings. The van der Waals surface area contributed by atoms with Crippen LogP contribution in [0.5, 0.6) is 0 Å². The van der Waals surface area contributed by atoms with Crippen molar-refractivity contribution in [3.63, 3.8) is 0 Å². The number of nitrogens with zero attached hydrogens (tertiary/aromatic N) is 2. The highest BCUT2D eigenvalue weighted by molar-refractivity contribution is 6.05. The fourth-order valence-corrected chi connectivity index (χ4v) is 2.56. The van der Waals surface area contributed by atoms with Crippen LogP contribution in [0.3, 0.4) is 0 Å². The lowest BCUT2D eigenvalue weighted by Crippen LogP contribution is -2.52. The molecule has 19 heavy (non-hydrogen) atoms. The standard InChI is InChI=1S/C12H18N2O5/c1-7(2)14-10(15)5-8(11(14)16)13-3-4-19-9(6-13)12(17)18/h7-9H,3-6H2,1-2H3,(H,17,18). The van der Waals surface area contributed by atoms with Gasteiger partial charge in [0.25, 0.3) is 0 Å². The number of carboxylic acids is 1. The largest absolute Gasteiger partial charge is 0.479 e. The third-order valence-electron chi connectivity index (χ3n) is 3.49. The van der Waals surface area contributed by atoms with Gasteiger partial charge in [0.2, 0.25) is 11.8 Å². The second-order valence-corrected chi connectivity index (χ2v) is 5.11. The molecule has 2 saturated heterocycles. The summed E-state index contributed by atoms with van der Waals surface area (Å²) in [6.45, 7) is 4.45. The molecular formula is C12H18N2O5. The van der Waals surface area contributed by atoms with Crippen LogP contribution in [0, 0.1) is 0 Å². The van der Waals surface area contributed by atoms with Crippen LogP contribution >= 0.6 is 0 Å². The Hall–Kier alpha value is -1.47. The van der Waals surface area contributed by atoms with Crippen molar-refractivity contribution in [3.05, 3.63) is 0 Å². The molecule has 2 unspecified atom stereocenters. The molecule has 0 spiro atoms. The highest BCUT2D eigenvalue weighted by Crippen LogP contribution is 2.22. The van der Waals surface area contributed by atoms with Gasteiger partial charge in [-0.3, -0.25) is 19.4 Å². The van der Waals surface area contributed by atoms with E-state index < -0.39 is 18.1 Å². The first-order valence-corrected chi connectivity index (χ1v) is 6.36. The van der Waals surface area contributed by atoms with Crippen LogP contribution in [0.15, 0.2) is 0 Å². The normalized spacial score (nSPS) is 29.3. The smallest absolute Gasteiger partial charge is 0.334 e. The first-order valence-electron chi connectivity index (χ1n) is 6.36. The Morgan fingerprint density at radius 1 is 1.42 bits per heavy atom. The molecule has 0 saturated carbocycles. The quantitative estimate of drug-likeness (QED) is 0.683. The van der Waals surface area contributed by atoms with Gasteiger partial charge in [0, 0.05) is 19.1 Å². The molecule has 7 heteroatoms. The Labute approximate surface area is 111 Å². The zero-order chi connectivity index (χ0) is 14.2. The van der Waals surface area contributed by atoms with E-state index in [1.54, 1.807) is 18.7 Å². The van der Waals surface area contributed by atoms with E-state index in [0.717, 1.165) is 0 Å². The zero-order valence-electron chi connectivity index (χ0n) is 11.0. The van der Waals surface area contributed by atoms with Crippen molar-refractivity contribution in [1.29, 1.82) is 0 Å². The second kappa shape index (κ2) is 5.26. The van der Waals surface area contributed by atoms with Crippen LogP contribution in [0.1, 0.15) is 20.3 Å². The van der Waals surface area contributed by atoms with Gasteiger partial charge in [-0.2, -0.15) is 0 Å². The molecule has 106 valence electrons. The van der Waals surface area contributed by atoms with Gasteiger partial charge in [-0.15, -0.1) is 0 Å². The van der Waals surface area contributed by atoms with Gasteiger partial charge in [-0.1, -0.05) is 0 Å². The number of amides is 2. The van der Waals surface area contributed by atoms with Crippen molar-refractivity contribution in [3.8, 4) is 0 Å². The van der Waals surface area contributed by atoms with Gasteiger partial charge >= 0.3 is 5.97 Å². The molecule has 7 nitrogen and oxygen atoms in total. The van der Waals surface area contributed by atoms with Crippen molar-refractivity contribution in [1.82, 2.24) is 9.80 Å². The Morgan fingerprint density at radius 3 is 2.63 bits per heavy atom. The fourth-order valence-electron chi connectivity index (χ4n) is 2.56. The monoisotopic (exact) mass is 270 g/mol. The molecular weight excluding hydrogens is 252 g/mol. The lowest BCUT2D eigenvalue weighted by molar-refractivity contribution is -0.159. The lowest BCUT2D eigenvalue weighted by atomic mass is 10.1. The SMILES string of the molecule is CC(C)N1C(=O)CC(N2CCOC(C(=O)O)C2)C1=O. The van der Waals surface area contributed by atoms with E-state index >= 15 is 0 Å². The van der Waals surface area contributed by atoms with Crippen molar-refractivity contribution in [2.45, 2.75) is 38.5 Å². The molecule has 0 bridgehead atoms. The minimum atomic E-state index is -1.04. The van der Waals surface area contributed by atoms with E-state index in [1.165, 1.54) is 4.90 Å². The first kappa shape index (κ1) is 14.0. The third kappa shape index (κ3) is 2.62. The van der Waals surface area contributed by atoms with E-state index in [-0.39, 0.29) is 37.4 Å². The van der Waals surface area contributed by atoms with Crippen LogP contribution in [-0.4, -0.2) is 70.6 Å². The number of aliphatic carboxylic acids is 1. The first-order chi connectivity index (χ1) is 8.91. The molecule has 0 aliphatic carbocycles. The Kier molecular flexibility index (Phi) is 3.86. The summed E-state index contributed by atoms with van der Waals surface area (Å²) in [5.74, 6) is -1.46. The predicted molar refractivity (Wildman–Crippen MR) is 64.3 cm³/mol. The van der Waals surface area contributed by atoms with Gasteiger partial charge < -0.3 is 9.84 Å². The molecule has 2 heterocycles. The maximum atomic E-state index is 12.2. The van der Waals surface area contributed by atoms with E-state index in [0.29, 0.717) is 6.54 Å². The molecule has 2 amide bonds. The summed E-state index contributed by atoms with van der Waals surface area (Å²) in [5, 5.41) is 8.94. The number of hydrogen-bond donors (Lipinski definition) is 1. The Morgan fingerprint density at radius 2 is 2.11 bits per heavy atom. The highest BCUT2D eigenvalue weighted by Gasteiger charge is 2.44. The van der Waals surface area contributed by atoms with Crippen molar-refractivity contribution < 1.29 is 24.2 Å². The van der Waals surface area contributed by atoms with E-state index in [9.17, 15) is 14.4 Å². The average molecular weight is 270 g/mol. The molecule has 2 rings (SSSR count). The Bertz CT molecular complexity index is 409. The van der Waals surface area contributed by atoms with E-state index in [4.69, 9.17) is 9.84 Å². The number of ether oxygens (including phenoxy) is 1. The topological polar surface area (TPSA) is 87.2 Å². The maximum absolute atomic E-state index is 12.2. The summed E-state index contributed by atoms with van der Waals surface area (Å²) in [4.78, 5) is 38.0. The summed E-state index contributed by atoms with van der Waals surface area (Å²) in [6.07, 6.45) is -0.798. The second-order valence-electron chi connectivity index (χ2n) is 5.11. The predicted octanol–water partition coefficient (Wildman–Crippen LogP) is -0.692. The summed E-state index contributed by atoms with van der Waals surface area (Å²) < 4.78 is 5.11. The summed E-state index contributed by atoms with van der Waals surface area (Å²) in [6, 6.07) is -0.707. The molecule has 0 aromatic heterocycles. The lowest BCUT2D eigenvalue weighted by Gasteiger charge is -2.34. The van der Waals surface area contributed by atoms with Crippen LogP contribution in [-0.2, 0) is 19.1 Å². The number of carbonyl (C=O) groups excluding carboxylic acids is 2. The number of rotatable bonds is 3. The van der Waals surface area contributed by atoms with Crippen LogP contribution in [0.4, 0.5) is 0 Å². The number of morpholine rings is 1. The van der Waals surface area contributed by atoms with Gasteiger partial charge in [0.15, 0.2) is 6.10 Å². The number of hydrogen-bond acceptors (Lipinski definition) is 5. The van der Waals surface area contributed by atoms with Gasteiger partial charge in [-0.05, 0) is 13.8 Å². The zero-order valence-corrected chi connectivity index (χ0v) is 11.0. The minimum Gasteiger partial charge on any atom is -0.479 e.